The van der Waals surface area contributed by atoms with E-state index >= 15 is 0 Å². The molecule has 3 aromatic carbocycles. The first-order valence-corrected chi connectivity index (χ1v) is 12.2. The van der Waals surface area contributed by atoms with Gasteiger partial charge < -0.3 is 13.9 Å². The summed E-state index contributed by atoms with van der Waals surface area (Å²) in [5, 5.41) is 8.29. The quantitative estimate of drug-likeness (QED) is 0.247. The summed E-state index contributed by atoms with van der Waals surface area (Å²) in [5.41, 5.74) is 4.21. The van der Waals surface area contributed by atoms with Gasteiger partial charge in [-0.05, 0) is 36.4 Å². The molecule has 1 aliphatic rings. The first-order valence-electron chi connectivity index (χ1n) is 11.8. The lowest BCUT2D eigenvalue weighted by Crippen LogP contribution is -2.22. The standard InChI is InChI=1S/C29H23ClN4O3/c1-35-26-11-6-10-20(28(26)36-2)24-17-23(25-12-7-15-37-25)33-34(24)29-31-22-14-13-19(30)16-21(22)27(32-29)18-8-4-3-5-9-18/h3-16,24H,17H2,1-2H3/t24-/m1/s1. The van der Waals surface area contributed by atoms with Crippen LogP contribution in [0.3, 0.4) is 0 Å². The maximum absolute atomic E-state index is 6.36. The van der Waals surface area contributed by atoms with Crippen molar-refractivity contribution in [2.45, 2.75) is 12.5 Å². The smallest absolute Gasteiger partial charge is 0.247 e. The molecule has 5 aromatic rings. The summed E-state index contributed by atoms with van der Waals surface area (Å²) in [7, 11) is 3.27. The lowest BCUT2D eigenvalue weighted by atomic mass is 9.99. The van der Waals surface area contributed by atoms with Crippen LogP contribution in [0.5, 0.6) is 11.5 Å². The number of fused-ring (bicyclic) bond motifs is 1. The van der Waals surface area contributed by atoms with Gasteiger partial charge in [0.05, 0.1) is 37.7 Å². The molecule has 0 amide bonds. The maximum atomic E-state index is 6.36. The van der Waals surface area contributed by atoms with Gasteiger partial charge in [0.1, 0.15) is 11.5 Å². The van der Waals surface area contributed by atoms with Crippen LogP contribution in [-0.2, 0) is 0 Å². The summed E-state index contributed by atoms with van der Waals surface area (Å²) >= 11 is 6.36. The molecule has 2 aromatic heterocycles. The molecule has 0 saturated carbocycles. The highest BCUT2D eigenvalue weighted by atomic mass is 35.5. The van der Waals surface area contributed by atoms with E-state index in [-0.39, 0.29) is 6.04 Å². The second kappa shape index (κ2) is 9.59. The van der Waals surface area contributed by atoms with E-state index in [1.807, 2.05) is 83.9 Å². The van der Waals surface area contributed by atoms with Gasteiger partial charge in [-0.15, -0.1) is 0 Å². The van der Waals surface area contributed by atoms with Gasteiger partial charge in [0.25, 0.3) is 0 Å². The predicted octanol–water partition coefficient (Wildman–Crippen LogP) is 6.92. The van der Waals surface area contributed by atoms with Gasteiger partial charge in [0.2, 0.25) is 5.95 Å². The van der Waals surface area contributed by atoms with Crippen molar-refractivity contribution in [2.24, 2.45) is 5.10 Å². The monoisotopic (exact) mass is 510 g/mol. The van der Waals surface area contributed by atoms with E-state index in [0.29, 0.717) is 34.7 Å². The highest BCUT2D eigenvalue weighted by Crippen LogP contribution is 2.43. The average molecular weight is 511 g/mol. The Bertz CT molecular complexity index is 1600. The molecule has 1 atom stereocenters. The van der Waals surface area contributed by atoms with Gasteiger partial charge in [0, 0.05) is 28.0 Å². The van der Waals surface area contributed by atoms with Crippen molar-refractivity contribution in [3.63, 3.8) is 0 Å². The fourth-order valence-electron chi connectivity index (χ4n) is 4.71. The largest absolute Gasteiger partial charge is 0.493 e. The van der Waals surface area contributed by atoms with Gasteiger partial charge in [-0.2, -0.15) is 5.10 Å². The molecule has 1 aliphatic heterocycles. The molecule has 7 nitrogen and oxygen atoms in total. The Morgan fingerprint density at radius 2 is 1.78 bits per heavy atom. The Morgan fingerprint density at radius 3 is 2.54 bits per heavy atom. The zero-order valence-electron chi connectivity index (χ0n) is 20.3. The van der Waals surface area contributed by atoms with Crippen molar-refractivity contribution in [3.8, 4) is 22.8 Å². The third-order valence-electron chi connectivity index (χ3n) is 6.41. The van der Waals surface area contributed by atoms with E-state index in [9.17, 15) is 0 Å². The van der Waals surface area contributed by atoms with E-state index < -0.39 is 0 Å². The molecule has 8 heteroatoms. The molecular formula is C29H23ClN4O3. The summed E-state index contributed by atoms with van der Waals surface area (Å²) in [6, 6.07) is 25.0. The van der Waals surface area contributed by atoms with Crippen LogP contribution < -0.4 is 14.5 Å². The minimum absolute atomic E-state index is 0.251. The van der Waals surface area contributed by atoms with E-state index in [4.69, 9.17) is 40.6 Å². The zero-order valence-corrected chi connectivity index (χ0v) is 21.0. The van der Waals surface area contributed by atoms with E-state index in [2.05, 4.69) is 0 Å². The molecule has 0 fully saturated rings. The van der Waals surface area contributed by atoms with Crippen LogP contribution >= 0.6 is 11.6 Å². The Morgan fingerprint density at radius 1 is 0.919 bits per heavy atom. The molecule has 3 heterocycles. The molecule has 184 valence electrons. The number of hydrogen-bond donors (Lipinski definition) is 0. The number of nitrogens with zero attached hydrogens (tertiary/aromatic N) is 4. The van der Waals surface area contributed by atoms with Gasteiger partial charge >= 0.3 is 0 Å². The molecule has 37 heavy (non-hydrogen) atoms. The number of halogens is 1. The minimum atomic E-state index is -0.251. The van der Waals surface area contributed by atoms with Crippen LogP contribution in [-0.4, -0.2) is 29.9 Å². The number of hydrazone groups is 1. The van der Waals surface area contributed by atoms with Gasteiger partial charge in [0.15, 0.2) is 11.5 Å². The van der Waals surface area contributed by atoms with Crippen molar-refractivity contribution in [1.82, 2.24) is 9.97 Å². The lowest BCUT2D eigenvalue weighted by Gasteiger charge is -2.25. The molecule has 0 unspecified atom stereocenters. The van der Waals surface area contributed by atoms with Crippen LogP contribution in [0, 0.1) is 0 Å². The first kappa shape index (κ1) is 23.1. The van der Waals surface area contributed by atoms with Crippen molar-refractivity contribution in [3.05, 3.63) is 101 Å². The van der Waals surface area contributed by atoms with Crippen molar-refractivity contribution in [2.75, 3.05) is 19.2 Å². The van der Waals surface area contributed by atoms with Crippen LogP contribution in [0.4, 0.5) is 5.95 Å². The van der Waals surface area contributed by atoms with Crippen LogP contribution in [0.15, 0.2) is 94.6 Å². The molecule has 0 N–H and O–H groups in total. The van der Waals surface area contributed by atoms with E-state index in [1.165, 1.54) is 0 Å². The summed E-state index contributed by atoms with van der Waals surface area (Å²) in [5.74, 6) is 2.45. The topological polar surface area (TPSA) is 73.0 Å². The number of para-hydroxylation sites is 1. The van der Waals surface area contributed by atoms with Crippen LogP contribution in [0.1, 0.15) is 23.8 Å². The number of benzene rings is 3. The fourth-order valence-corrected chi connectivity index (χ4v) is 4.88. The predicted molar refractivity (Wildman–Crippen MR) is 145 cm³/mol. The van der Waals surface area contributed by atoms with E-state index in [0.717, 1.165) is 33.4 Å². The number of aromatic nitrogens is 2. The Hall–Kier alpha value is -4.36. The number of rotatable bonds is 6. The molecule has 0 saturated heterocycles. The second-order valence-corrected chi connectivity index (χ2v) is 9.01. The first-order chi connectivity index (χ1) is 18.2. The van der Waals surface area contributed by atoms with Gasteiger partial charge in [-0.3, -0.25) is 0 Å². The SMILES string of the molecule is COc1cccc([C@H]2CC(c3ccco3)=NN2c2nc(-c3ccccc3)c3cc(Cl)ccc3n2)c1OC. The fraction of sp³-hybridized carbons (Fsp3) is 0.138. The van der Waals surface area contributed by atoms with Crippen molar-refractivity contribution in [1.29, 1.82) is 0 Å². The highest BCUT2D eigenvalue weighted by molar-refractivity contribution is 6.31. The van der Waals surface area contributed by atoms with Gasteiger partial charge in [-0.25, -0.2) is 15.0 Å². The minimum Gasteiger partial charge on any atom is -0.493 e. The molecule has 0 spiro atoms. The third kappa shape index (κ3) is 4.17. The number of methoxy groups -OCH3 is 2. The number of anilines is 1. The van der Waals surface area contributed by atoms with Gasteiger partial charge in [-0.1, -0.05) is 54.1 Å². The summed E-state index contributed by atoms with van der Waals surface area (Å²) in [6.45, 7) is 0. The normalized spacial score (nSPS) is 15.2. The molecular weight excluding hydrogens is 488 g/mol. The summed E-state index contributed by atoms with van der Waals surface area (Å²) in [4.78, 5) is 9.95. The van der Waals surface area contributed by atoms with Crippen LogP contribution in [0.2, 0.25) is 5.02 Å². The maximum Gasteiger partial charge on any atom is 0.247 e. The molecule has 6 rings (SSSR count). The number of ether oxygens (including phenoxy) is 2. The van der Waals surface area contributed by atoms with E-state index in [1.54, 1.807) is 20.5 Å². The Kier molecular flexibility index (Phi) is 5.98. The summed E-state index contributed by atoms with van der Waals surface area (Å²) < 4.78 is 17.1. The second-order valence-electron chi connectivity index (χ2n) is 8.57. The van der Waals surface area contributed by atoms with Crippen molar-refractivity contribution < 1.29 is 13.9 Å². The third-order valence-corrected chi connectivity index (χ3v) is 6.64. The lowest BCUT2D eigenvalue weighted by molar-refractivity contribution is 0.349. The molecule has 0 bridgehead atoms. The molecule has 0 aliphatic carbocycles. The number of furan rings is 1. The average Bonchev–Trinajstić information content (AvgIpc) is 3.63. The van der Waals surface area contributed by atoms with Crippen LogP contribution in [0.25, 0.3) is 22.2 Å². The molecule has 0 radical (unpaired) electrons. The highest BCUT2D eigenvalue weighted by Gasteiger charge is 2.35. The zero-order chi connectivity index (χ0) is 25.4. The van der Waals surface area contributed by atoms with Crippen molar-refractivity contribution >= 4 is 34.2 Å². The Labute approximate surface area is 218 Å². The Balaban J connectivity index is 1.56. The number of hydrogen-bond acceptors (Lipinski definition) is 7. The summed E-state index contributed by atoms with van der Waals surface area (Å²) in [6.07, 6.45) is 2.21.